The second kappa shape index (κ2) is 8.10. The summed E-state index contributed by atoms with van der Waals surface area (Å²) in [4.78, 5) is 12.8. The number of alkyl halides is 2. The van der Waals surface area contributed by atoms with Crippen LogP contribution in [-0.4, -0.2) is 57.5 Å². The Morgan fingerprint density at radius 1 is 1.15 bits per heavy atom. The summed E-state index contributed by atoms with van der Waals surface area (Å²) in [7, 11) is 0. The Bertz CT molecular complexity index is 788. The number of rotatable bonds is 5. The van der Waals surface area contributed by atoms with Crippen molar-refractivity contribution in [3.63, 3.8) is 0 Å². The lowest BCUT2D eigenvalue weighted by molar-refractivity contribution is 0.145. The molecule has 1 saturated heterocycles. The molecule has 2 aromatic rings. The zero-order valence-electron chi connectivity index (χ0n) is 15.4. The molecule has 0 atom stereocenters. The van der Waals surface area contributed by atoms with Gasteiger partial charge in [-0.15, -0.1) is 0 Å². The van der Waals surface area contributed by atoms with Gasteiger partial charge in [-0.05, 0) is 37.5 Å². The van der Waals surface area contributed by atoms with E-state index in [-0.39, 0.29) is 5.69 Å². The van der Waals surface area contributed by atoms with E-state index < -0.39 is 6.43 Å². The van der Waals surface area contributed by atoms with Crippen LogP contribution in [-0.2, 0) is 19.4 Å². The SMILES string of the molecule is CSc1nc(C(F)F)cc(N2CCN(Cc3n[nH]c4c3CCCC4)CC2)n1. The van der Waals surface area contributed by atoms with Gasteiger partial charge in [0.05, 0.1) is 5.69 Å². The van der Waals surface area contributed by atoms with Crippen molar-refractivity contribution in [1.29, 1.82) is 0 Å². The van der Waals surface area contributed by atoms with Crippen molar-refractivity contribution in [2.45, 2.75) is 43.8 Å². The molecule has 1 aliphatic carbocycles. The summed E-state index contributed by atoms with van der Waals surface area (Å²) < 4.78 is 26.2. The van der Waals surface area contributed by atoms with Crippen molar-refractivity contribution in [2.75, 3.05) is 37.3 Å². The highest BCUT2D eigenvalue weighted by Gasteiger charge is 2.23. The molecule has 27 heavy (non-hydrogen) atoms. The van der Waals surface area contributed by atoms with Crippen LogP contribution in [0, 0.1) is 0 Å². The number of hydrogen-bond acceptors (Lipinski definition) is 6. The number of aryl methyl sites for hydroxylation is 1. The molecule has 1 aliphatic heterocycles. The van der Waals surface area contributed by atoms with Gasteiger partial charge in [0.25, 0.3) is 6.43 Å². The van der Waals surface area contributed by atoms with Gasteiger partial charge in [0.15, 0.2) is 5.16 Å². The zero-order valence-corrected chi connectivity index (χ0v) is 16.2. The maximum atomic E-state index is 13.1. The van der Waals surface area contributed by atoms with Crippen LogP contribution < -0.4 is 4.90 Å². The van der Waals surface area contributed by atoms with Gasteiger partial charge >= 0.3 is 0 Å². The summed E-state index contributed by atoms with van der Waals surface area (Å²) in [5.74, 6) is 0.599. The van der Waals surface area contributed by atoms with Crippen molar-refractivity contribution in [2.24, 2.45) is 0 Å². The molecule has 2 aliphatic rings. The fourth-order valence-electron chi connectivity index (χ4n) is 3.82. The van der Waals surface area contributed by atoms with E-state index in [2.05, 4.69) is 30.0 Å². The molecule has 0 unspecified atom stereocenters. The fourth-order valence-corrected chi connectivity index (χ4v) is 4.20. The molecule has 0 aromatic carbocycles. The third-order valence-corrected chi connectivity index (χ3v) is 5.88. The maximum absolute atomic E-state index is 13.1. The van der Waals surface area contributed by atoms with Crippen LogP contribution in [0.25, 0.3) is 0 Å². The monoisotopic (exact) mass is 394 g/mol. The molecule has 9 heteroatoms. The van der Waals surface area contributed by atoms with Crippen LogP contribution in [0.3, 0.4) is 0 Å². The quantitative estimate of drug-likeness (QED) is 0.621. The molecule has 0 saturated carbocycles. The lowest BCUT2D eigenvalue weighted by atomic mass is 9.96. The Morgan fingerprint density at radius 2 is 1.93 bits per heavy atom. The van der Waals surface area contributed by atoms with Gasteiger partial charge in [-0.2, -0.15) is 5.10 Å². The molecule has 0 amide bonds. The van der Waals surface area contributed by atoms with E-state index >= 15 is 0 Å². The van der Waals surface area contributed by atoms with E-state index in [1.165, 1.54) is 47.6 Å². The minimum atomic E-state index is -2.58. The number of nitrogens with one attached hydrogen (secondary N) is 1. The largest absolute Gasteiger partial charge is 0.354 e. The van der Waals surface area contributed by atoms with Gasteiger partial charge in [0.1, 0.15) is 11.5 Å². The van der Waals surface area contributed by atoms with Crippen LogP contribution in [0.4, 0.5) is 14.6 Å². The van der Waals surface area contributed by atoms with Gasteiger partial charge < -0.3 is 4.90 Å². The lowest BCUT2D eigenvalue weighted by Crippen LogP contribution is -2.46. The van der Waals surface area contributed by atoms with Gasteiger partial charge in [0, 0.05) is 44.5 Å². The number of H-pyrrole nitrogens is 1. The standard InChI is InChI=1S/C18H24F2N6S/c1-27-18-21-14(17(19)20)10-16(22-18)26-8-6-25(7-9-26)11-15-12-4-2-3-5-13(12)23-24-15/h10,17H,2-9,11H2,1H3,(H,23,24). The average Bonchev–Trinajstić information content (AvgIpc) is 3.11. The van der Waals surface area contributed by atoms with E-state index in [0.717, 1.165) is 45.6 Å². The second-order valence-corrected chi connectivity index (χ2v) is 7.81. The first-order chi connectivity index (χ1) is 13.1. The Balaban J connectivity index is 1.40. The number of aromatic nitrogens is 4. The highest BCUT2D eigenvalue weighted by Crippen LogP contribution is 2.26. The molecule has 2 aromatic heterocycles. The number of thioether (sulfide) groups is 1. The van der Waals surface area contributed by atoms with E-state index in [4.69, 9.17) is 0 Å². The Morgan fingerprint density at radius 3 is 2.67 bits per heavy atom. The molecule has 1 N–H and O–H groups in total. The maximum Gasteiger partial charge on any atom is 0.280 e. The predicted octanol–water partition coefficient (Wildman–Crippen LogP) is 3.06. The summed E-state index contributed by atoms with van der Waals surface area (Å²) in [6, 6.07) is 1.42. The summed E-state index contributed by atoms with van der Waals surface area (Å²) in [6.45, 7) is 4.11. The zero-order chi connectivity index (χ0) is 18.8. The van der Waals surface area contributed by atoms with E-state index in [1.807, 2.05) is 0 Å². The molecule has 4 rings (SSSR count). The van der Waals surface area contributed by atoms with Gasteiger partial charge in [-0.3, -0.25) is 10.00 Å². The molecular weight excluding hydrogens is 370 g/mol. The minimum Gasteiger partial charge on any atom is -0.354 e. The molecule has 1 fully saturated rings. The first-order valence-electron chi connectivity index (χ1n) is 9.37. The molecule has 146 valence electrons. The van der Waals surface area contributed by atoms with Crippen molar-refractivity contribution in [3.05, 3.63) is 28.7 Å². The van der Waals surface area contributed by atoms with Gasteiger partial charge in [-0.1, -0.05) is 11.8 Å². The Labute approximate surface area is 161 Å². The Hall–Kier alpha value is -1.74. The molecule has 0 bridgehead atoms. The highest BCUT2D eigenvalue weighted by atomic mass is 32.2. The van der Waals surface area contributed by atoms with Crippen molar-refractivity contribution in [1.82, 2.24) is 25.1 Å². The second-order valence-electron chi connectivity index (χ2n) is 7.04. The third kappa shape index (κ3) is 4.08. The van der Waals surface area contributed by atoms with Gasteiger partial charge in [0.2, 0.25) is 0 Å². The number of piperazine rings is 1. The number of aromatic amines is 1. The number of anilines is 1. The van der Waals surface area contributed by atoms with Crippen LogP contribution in [0.5, 0.6) is 0 Å². The number of fused-ring (bicyclic) bond motifs is 1. The van der Waals surface area contributed by atoms with E-state index in [0.29, 0.717) is 11.0 Å². The highest BCUT2D eigenvalue weighted by molar-refractivity contribution is 7.98. The Kier molecular flexibility index (Phi) is 5.58. The van der Waals surface area contributed by atoms with E-state index in [9.17, 15) is 8.78 Å². The van der Waals surface area contributed by atoms with Crippen molar-refractivity contribution in [3.8, 4) is 0 Å². The summed E-state index contributed by atoms with van der Waals surface area (Å²) >= 11 is 1.29. The molecular formula is C18H24F2N6S. The van der Waals surface area contributed by atoms with E-state index in [1.54, 1.807) is 6.26 Å². The molecule has 3 heterocycles. The number of halogens is 2. The minimum absolute atomic E-state index is 0.199. The molecule has 0 spiro atoms. The molecule has 0 radical (unpaired) electrons. The third-order valence-electron chi connectivity index (χ3n) is 5.33. The summed E-state index contributed by atoms with van der Waals surface area (Å²) in [6.07, 6.45) is 3.93. The topological polar surface area (TPSA) is 60.9 Å². The van der Waals surface area contributed by atoms with Crippen LogP contribution in [0.1, 0.15) is 41.9 Å². The number of nitrogens with zero attached hydrogens (tertiary/aromatic N) is 5. The number of hydrogen-bond donors (Lipinski definition) is 1. The predicted molar refractivity (Wildman–Crippen MR) is 101 cm³/mol. The van der Waals surface area contributed by atoms with Crippen LogP contribution in [0.15, 0.2) is 11.2 Å². The van der Waals surface area contributed by atoms with Crippen LogP contribution in [0.2, 0.25) is 0 Å². The lowest BCUT2D eigenvalue weighted by Gasteiger charge is -2.35. The fraction of sp³-hybridized carbons (Fsp3) is 0.611. The first kappa shape index (κ1) is 18.6. The van der Waals surface area contributed by atoms with Crippen molar-refractivity contribution >= 4 is 17.6 Å². The van der Waals surface area contributed by atoms with Crippen LogP contribution >= 0.6 is 11.8 Å². The first-order valence-corrected chi connectivity index (χ1v) is 10.6. The summed E-state index contributed by atoms with van der Waals surface area (Å²) in [5.41, 5.74) is 3.69. The van der Waals surface area contributed by atoms with Gasteiger partial charge in [-0.25, -0.2) is 18.7 Å². The summed E-state index contributed by atoms with van der Waals surface area (Å²) in [5, 5.41) is 8.13. The normalized spacial score (nSPS) is 18.1. The average molecular weight is 394 g/mol. The smallest absolute Gasteiger partial charge is 0.280 e. The van der Waals surface area contributed by atoms with Crippen molar-refractivity contribution < 1.29 is 8.78 Å². The molecule has 6 nitrogen and oxygen atoms in total.